The number of fused-ring (bicyclic) bond motifs is 4. The number of hydrogen-bond acceptors (Lipinski definition) is 6. The molecular formula is C32H30ClF2N5O4. The fourth-order valence-corrected chi connectivity index (χ4v) is 5.41. The van der Waals surface area contributed by atoms with Gasteiger partial charge in [0.05, 0.1) is 42.0 Å². The number of carbonyl (C=O) groups excluding carboxylic acids is 3. The molecule has 9 nitrogen and oxygen atoms in total. The highest BCUT2D eigenvalue weighted by molar-refractivity contribution is 6.30. The van der Waals surface area contributed by atoms with Gasteiger partial charge in [-0.15, -0.1) is 0 Å². The van der Waals surface area contributed by atoms with E-state index in [2.05, 4.69) is 20.7 Å². The van der Waals surface area contributed by atoms with Gasteiger partial charge in [0.25, 0.3) is 5.91 Å². The predicted octanol–water partition coefficient (Wildman–Crippen LogP) is 6.12. The summed E-state index contributed by atoms with van der Waals surface area (Å²) in [6.45, 7) is 3.42. The van der Waals surface area contributed by atoms with Gasteiger partial charge in [0.1, 0.15) is 5.69 Å². The van der Waals surface area contributed by atoms with E-state index in [-0.39, 0.29) is 34.2 Å². The first-order chi connectivity index (χ1) is 21.1. The van der Waals surface area contributed by atoms with Crippen LogP contribution in [-0.4, -0.2) is 39.7 Å². The van der Waals surface area contributed by atoms with Crippen molar-refractivity contribution < 1.29 is 27.9 Å². The summed E-state index contributed by atoms with van der Waals surface area (Å²) in [6, 6.07) is 10.4. The molecule has 4 aromatic rings. The Morgan fingerprint density at radius 2 is 1.95 bits per heavy atom. The summed E-state index contributed by atoms with van der Waals surface area (Å²) < 4.78 is 36.1. The molecule has 0 aliphatic carbocycles. The van der Waals surface area contributed by atoms with Crippen molar-refractivity contribution in [3.8, 4) is 16.8 Å². The van der Waals surface area contributed by atoms with Crippen LogP contribution in [0.15, 0.2) is 54.9 Å². The van der Waals surface area contributed by atoms with Gasteiger partial charge in [0.2, 0.25) is 11.9 Å². The Morgan fingerprint density at radius 3 is 2.73 bits per heavy atom. The minimum Gasteiger partial charge on any atom is -0.469 e. The van der Waals surface area contributed by atoms with Gasteiger partial charge in [-0.2, -0.15) is 9.49 Å². The first-order valence-corrected chi connectivity index (χ1v) is 14.4. The molecule has 2 bridgehead atoms. The summed E-state index contributed by atoms with van der Waals surface area (Å²) in [4.78, 5) is 42.5. The molecule has 1 aliphatic heterocycles. The summed E-state index contributed by atoms with van der Waals surface area (Å²) in [5, 5.41) is 9.98. The SMILES string of the molecule is COC(=O)Cc1ccc2c(c1)NC(=O)[C@@H](C)CCC[C@@H](NC(=O)c1cnn(-c3cccc(Cl)c3F)c1C)c1cc-2cnc1F. The van der Waals surface area contributed by atoms with Crippen molar-refractivity contribution in [1.82, 2.24) is 20.1 Å². The number of anilines is 1. The topological polar surface area (TPSA) is 115 Å². The van der Waals surface area contributed by atoms with E-state index < -0.39 is 35.6 Å². The first kappa shape index (κ1) is 30.8. The minimum atomic E-state index is -0.794. The van der Waals surface area contributed by atoms with E-state index in [4.69, 9.17) is 16.3 Å². The lowest BCUT2D eigenvalue weighted by molar-refractivity contribution is -0.139. The highest BCUT2D eigenvalue weighted by Gasteiger charge is 2.26. The van der Waals surface area contributed by atoms with Crippen molar-refractivity contribution >= 4 is 35.1 Å². The van der Waals surface area contributed by atoms with E-state index >= 15 is 4.39 Å². The predicted molar refractivity (Wildman–Crippen MR) is 160 cm³/mol. The molecule has 1 aliphatic rings. The zero-order valence-electron chi connectivity index (χ0n) is 24.3. The molecule has 0 radical (unpaired) electrons. The van der Waals surface area contributed by atoms with Crippen molar-refractivity contribution in [3.05, 3.63) is 94.0 Å². The van der Waals surface area contributed by atoms with Crippen LogP contribution in [0.2, 0.25) is 5.02 Å². The number of rotatable bonds is 5. The summed E-state index contributed by atoms with van der Waals surface area (Å²) in [6.07, 6.45) is 3.97. The van der Waals surface area contributed by atoms with E-state index in [0.29, 0.717) is 47.3 Å². The number of halogens is 3. The molecule has 228 valence electrons. The van der Waals surface area contributed by atoms with Crippen molar-refractivity contribution in [3.63, 3.8) is 0 Å². The van der Waals surface area contributed by atoms with Crippen molar-refractivity contribution in [2.75, 3.05) is 12.4 Å². The Bertz CT molecular complexity index is 1760. The van der Waals surface area contributed by atoms with Gasteiger partial charge in [-0.25, -0.2) is 14.1 Å². The molecule has 0 fully saturated rings. The molecular weight excluding hydrogens is 592 g/mol. The molecule has 2 amide bonds. The largest absolute Gasteiger partial charge is 0.469 e. The summed E-state index contributed by atoms with van der Waals surface area (Å²) >= 11 is 5.94. The second kappa shape index (κ2) is 12.9. The molecule has 0 saturated carbocycles. The standard InChI is InChI=1S/C32H30ClF2N5O4/c1-17-6-4-8-25(38-32(43)23-16-37-40(18(23)2)27-9-5-7-24(33)29(27)34)22-14-20(15-36-30(22)35)21-11-10-19(13-28(41)44-3)12-26(21)39-31(17)42/h5,7,9-12,14-17,25H,4,6,8,13H2,1-3H3,(H,38,43)(H,39,42)/t17-,25+/m0/s1. The quantitative estimate of drug-likeness (QED) is 0.205. The number of aromatic nitrogens is 3. The molecule has 2 aromatic heterocycles. The Kier molecular flexibility index (Phi) is 9.05. The van der Waals surface area contributed by atoms with Crippen LogP contribution in [0, 0.1) is 24.6 Å². The highest BCUT2D eigenvalue weighted by atomic mass is 35.5. The number of amides is 2. The molecule has 3 heterocycles. The summed E-state index contributed by atoms with van der Waals surface area (Å²) in [5.74, 6) is -2.98. The Morgan fingerprint density at radius 1 is 1.16 bits per heavy atom. The molecule has 5 rings (SSSR count). The lowest BCUT2D eigenvalue weighted by atomic mass is 9.93. The first-order valence-electron chi connectivity index (χ1n) is 14.0. The fourth-order valence-electron chi connectivity index (χ4n) is 5.24. The maximum absolute atomic E-state index is 15.3. The maximum atomic E-state index is 15.3. The molecule has 12 heteroatoms. The monoisotopic (exact) mass is 621 g/mol. The molecule has 0 spiro atoms. The number of benzene rings is 2. The number of ether oxygens (including phenoxy) is 1. The number of pyridine rings is 1. The average Bonchev–Trinajstić information content (AvgIpc) is 3.38. The summed E-state index contributed by atoms with van der Waals surface area (Å²) in [7, 11) is 1.30. The second-order valence-corrected chi connectivity index (χ2v) is 11.1. The molecule has 2 N–H and O–H groups in total. The summed E-state index contributed by atoms with van der Waals surface area (Å²) in [5.41, 5.74) is 2.95. The smallest absolute Gasteiger partial charge is 0.309 e. The molecule has 44 heavy (non-hydrogen) atoms. The lowest BCUT2D eigenvalue weighted by Crippen LogP contribution is -2.30. The third-order valence-electron chi connectivity index (χ3n) is 7.77. The number of hydrogen-bond donors (Lipinski definition) is 2. The van der Waals surface area contributed by atoms with E-state index in [9.17, 15) is 18.8 Å². The zero-order valence-corrected chi connectivity index (χ0v) is 25.0. The molecule has 0 unspecified atom stereocenters. The van der Waals surface area contributed by atoms with E-state index in [0.717, 1.165) is 0 Å². The average molecular weight is 622 g/mol. The number of nitrogens with one attached hydrogen (secondary N) is 2. The number of nitrogens with zero attached hydrogens (tertiary/aromatic N) is 3. The third-order valence-corrected chi connectivity index (χ3v) is 8.06. The van der Waals surface area contributed by atoms with Crippen LogP contribution in [0.1, 0.15) is 59.4 Å². The van der Waals surface area contributed by atoms with E-state index in [1.807, 2.05) is 0 Å². The molecule has 2 atom stereocenters. The fraction of sp³-hybridized carbons (Fsp3) is 0.281. The van der Waals surface area contributed by atoms with Gasteiger partial charge < -0.3 is 15.4 Å². The lowest BCUT2D eigenvalue weighted by Gasteiger charge is -2.23. The zero-order chi connectivity index (χ0) is 31.5. The van der Waals surface area contributed by atoms with Crippen LogP contribution >= 0.6 is 11.6 Å². The van der Waals surface area contributed by atoms with Crippen LogP contribution in [-0.2, 0) is 20.7 Å². The Hall–Kier alpha value is -4.64. The normalized spacial score (nSPS) is 16.6. The van der Waals surface area contributed by atoms with Gasteiger partial charge in [-0.1, -0.05) is 43.1 Å². The van der Waals surface area contributed by atoms with E-state index in [1.165, 1.54) is 36.3 Å². The van der Waals surface area contributed by atoms with Crippen LogP contribution in [0.5, 0.6) is 0 Å². The number of carbonyl (C=O) groups is 3. The van der Waals surface area contributed by atoms with Crippen LogP contribution in [0.4, 0.5) is 14.5 Å². The van der Waals surface area contributed by atoms with Gasteiger partial charge in [-0.05, 0) is 49.6 Å². The molecule has 2 aromatic carbocycles. The minimum absolute atomic E-state index is 0.0101. The van der Waals surface area contributed by atoms with Crippen molar-refractivity contribution in [2.24, 2.45) is 5.92 Å². The second-order valence-electron chi connectivity index (χ2n) is 10.7. The Labute approximate surface area is 257 Å². The van der Waals surface area contributed by atoms with Crippen LogP contribution in [0.25, 0.3) is 16.8 Å². The molecule has 0 saturated heterocycles. The van der Waals surface area contributed by atoms with Gasteiger partial charge >= 0.3 is 5.97 Å². The van der Waals surface area contributed by atoms with Crippen molar-refractivity contribution in [2.45, 2.75) is 45.6 Å². The number of methoxy groups -OCH3 is 1. The Balaban J connectivity index is 1.51. The van der Waals surface area contributed by atoms with Crippen LogP contribution in [0.3, 0.4) is 0 Å². The van der Waals surface area contributed by atoms with Gasteiger partial charge in [0, 0.05) is 34.5 Å². The highest BCUT2D eigenvalue weighted by Crippen LogP contribution is 2.34. The van der Waals surface area contributed by atoms with Gasteiger partial charge in [0.15, 0.2) is 5.82 Å². The number of esters is 1. The van der Waals surface area contributed by atoms with Gasteiger partial charge in [-0.3, -0.25) is 14.4 Å². The maximum Gasteiger partial charge on any atom is 0.309 e. The van der Waals surface area contributed by atoms with Crippen molar-refractivity contribution in [1.29, 1.82) is 0 Å². The third kappa shape index (κ3) is 6.33. The van der Waals surface area contributed by atoms with Crippen LogP contribution < -0.4 is 10.6 Å². The van der Waals surface area contributed by atoms with E-state index in [1.54, 1.807) is 44.2 Å².